The molecule has 0 saturated carbocycles. The molecule has 24 N–H and O–H groups in total. The van der Waals surface area contributed by atoms with Crippen molar-refractivity contribution in [1.82, 2.24) is 85.1 Å². The molecule has 16 amide bonds. The summed E-state index contributed by atoms with van der Waals surface area (Å²) >= 11 is 0. The summed E-state index contributed by atoms with van der Waals surface area (Å²) < 4.78 is 0. The van der Waals surface area contributed by atoms with Crippen LogP contribution in [0.25, 0.3) is 0 Å². The standard InChI is InChI=1S/C68H110N16O30/c1-35(55(99)75-37(3)57(101)77-39(5)59(103)79-41(19-25-49(87)88)61(105)81-43(21-27-51(91)92)63(107)83-45(65(109)110)23-29-53(95)96)73-47(85)17-11-9-15-33-71-67(113)69-31-13-7-8-14-32-70-68(114)72-34-16-10-12-18-48(86)74-36(2)56(100)76-38(4)58(102)78-40(6)60(104)80-42(20-26-50(89)90)62(106)82-44(22-28-52(93)94)64(108)84-46(66(111)112)24-30-54(97)98/h35-46H,7-34H2,1-6H3,(H,73,85)(H,74,86)(H,75,99)(H,76,100)(H,77,101)(H,78,102)(H,79,103)(H,80,104)(H,81,105)(H,82,106)(H,83,107)(H,84,108)(H,87,88)(H,89,90)(H,91,92)(H,93,94)(H,95,96)(H,97,98)(H,109,110)(H,111,112)(H2,69,71,113)(H2,70,72,114)/t35-,36-,37-,38-,39-,40-,41-,42-,43-,44-,45-,46-/m0/s1. The van der Waals surface area contributed by atoms with Crippen molar-refractivity contribution >= 4 is 131 Å². The Kier molecular flexibility index (Phi) is 50.3. The van der Waals surface area contributed by atoms with Gasteiger partial charge in [0.2, 0.25) is 70.9 Å². The summed E-state index contributed by atoms with van der Waals surface area (Å²) in [5, 5.41) is 112. The predicted molar refractivity (Wildman–Crippen MR) is 392 cm³/mol. The number of unbranched alkanes of at least 4 members (excludes halogenated alkanes) is 7. The first-order valence-electron chi connectivity index (χ1n) is 36.9. The SMILES string of the molecule is C[C@H](NC(=O)CCCCCNC(=O)NCCCCCCNC(=O)NCCCCCC(=O)N[C@@H](C)C(=O)N[C@@H](C)C(=O)N[C@@H](C)C(=O)N[C@@H](CCC(=O)O)C(=O)N[C@@H](CCC(=O)O)C(=O)N[C@@H](CCC(=O)O)C(=O)O)C(=O)N[C@@H](C)C(=O)N[C@@H](C)C(=O)N[C@@H](CCC(=O)O)C(=O)N[C@@H](CCC(=O)O)C(=O)N[C@@H](CCC(=O)O)C(=O)O. The molecule has 0 aliphatic heterocycles. The van der Waals surface area contributed by atoms with Crippen molar-refractivity contribution in [3.63, 3.8) is 0 Å². The fraction of sp³-hybridized carbons (Fsp3) is 0.676. The highest BCUT2D eigenvalue weighted by Gasteiger charge is 2.35. The lowest BCUT2D eigenvalue weighted by molar-refractivity contribution is -0.144. The minimum absolute atomic E-state index is 0.0226. The molecule has 46 nitrogen and oxygen atoms in total. The number of carboxylic acid groups (broad SMARTS) is 8. The molecule has 642 valence electrons. The molecule has 0 aromatic heterocycles. The molecule has 0 spiro atoms. The summed E-state index contributed by atoms with van der Waals surface area (Å²) in [6.45, 7) is 9.00. The molecule has 0 heterocycles. The van der Waals surface area contributed by atoms with Crippen LogP contribution in [-0.2, 0) is 95.9 Å². The first kappa shape index (κ1) is 102. The summed E-state index contributed by atoms with van der Waals surface area (Å²) in [5.74, 6) is -23.0. The molecule has 0 aliphatic carbocycles. The number of carbonyl (C=O) groups is 22. The van der Waals surface area contributed by atoms with E-state index >= 15 is 0 Å². The molecule has 0 rings (SSSR count). The smallest absolute Gasteiger partial charge is 0.326 e. The van der Waals surface area contributed by atoms with Crippen molar-refractivity contribution in [3.05, 3.63) is 0 Å². The number of rotatable bonds is 61. The van der Waals surface area contributed by atoms with E-state index in [-0.39, 0.29) is 24.9 Å². The zero-order valence-electron chi connectivity index (χ0n) is 64.3. The molecule has 114 heavy (non-hydrogen) atoms. The van der Waals surface area contributed by atoms with Crippen molar-refractivity contribution < 1.29 is 146 Å². The number of amides is 16. The topological polar surface area (TPSA) is 730 Å². The highest BCUT2D eigenvalue weighted by atomic mass is 16.4. The number of hydrogen-bond acceptors (Lipinski definition) is 22. The van der Waals surface area contributed by atoms with Crippen LogP contribution in [-0.4, -0.2) is 270 Å². The van der Waals surface area contributed by atoms with E-state index in [1.54, 1.807) is 0 Å². The predicted octanol–water partition coefficient (Wildman–Crippen LogP) is -4.44. The summed E-state index contributed by atoms with van der Waals surface area (Å²) in [4.78, 5) is 272. The molecule has 0 aromatic carbocycles. The van der Waals surface area contributed by atoms with Crippen LogP contribution in [0.15, 0.2) is 0 Å². The second kappa shape index (κ2) is 56.2. The molecule has 0 bridgehead atoms. The van der Waals surface area contributed by atoms with E-state index in [0.717, 1.165) is 12.8 Å². The molecular formula is C68H110N16O30. The van der Waals surface area contributed by atoms with Gasteiger partial charge < -0.3 is 126 Å². The Labute approximate surface area is 654 Å². The molecule has 0 fully saturated rings. The van der Waals surface area contributed by atoms with E-state index in [4.69, 9.17) is 10.2 Å². The van der Waals surface area contributed by atoms with Crippen molar-refractivity contribution in [2.75, 3.05) is 26.2 Å². The Morgan fingerprint density at radius 3 is 0.588 bits per heavy atom. The Morgan fingerprint density at radius 1 is 0.202 bits per heavy atom. The van der Waals surface area contributed by atoms with Crippen molar-refractivity contribution in [1.29, 1.82) is 0 Å². The van der Waals surface area contributed by atoms with Crippen LogP contribution in [0.4, 0.5) is 9.59 Å². The Morgan fingerprint density at radius 2 is 0.377 bits per heavy atom. The summed E-state index contributed by atoms with van der Waals surface area (Å²) in [6, 6.07) is -18.9. The lowest BCUT2D eigenvalue weighted by Crippen LogP contribution is -2.58. The lowest BCUT2D eigenvalue weighted by atomic mass is 10.1. The van der Waals surface area contributed by atoms with E-state index in [2.05, 4.69) is 74.4 Å². The number of aliphatic carboxylic acids is 8. The second-order valence-corrected chi connectivity index (χ2v) is 26.5. The van der Waals surface area contributed by atoms with Crippen LogP contribution in [0.5, 0.6) is 0 Å². The Hall–Kier alpha value is -12.1. The van der Waals surface area contributed by atoms with Gasteiger partial charge in [-0.05, 0) is 119 Å². The van der Waals surface area contributed by atoms with E-state index < -0.39 is 268 Å². The van der Waals surface area contributed by atoms with Crippen LogP contribution in [0.1, 0.15) is 196 Å². The second-order valence-electron chi connectivity index (χ2n) is 26.5. The summed E-state index contributed by atoms with van der Waals surface area (Å²) in [6.07, 6.45) is -1.95. The van der Waals surface area contributed by atoms with Crippen LogP contribution in [0.2, 0.25) is 0 Å². The zero-order valence-corrected chi connectivity index (χ0v) is 64.3. The van der Waals surface area contributed by atoms with Crippen LogP contribution < -0.4 is 85.1 Å². The number of carboxylic acids is 8. The van der Waals surface area contributed by atoms with Crippen molar-refractivity contribution in [2.24, 2.45) is 0 Å². The molecular weight excluding hydrogens is 1520 g/mol. The number of urea groups is 2. The van der Waals surface area contributed by atoms with E-state index in [1.165, 1.54) is 41.5 Å². The van der Waals surface area contributed by atoms with Crippen LogP contribution in [0, 0.1) is 0 Å². The third-order valence-electron chi connectivity index (χ3n) is 16.6. The minimum Gasteiger partial charge on any atom is -0.481 e. The number of nitrogens with one attached hydrogen (secondary N) is 16. The maximum Gasteiger partial charge on any atom is 0.326 e. The van der Waals surface area contributed by atoms with Gasteiger partial charge in [-0.25, -0.2) is 19.2 Å². The van der Waals surface area contributed by atoms with Gasteiger partial charge in [-0.1, -0.05) is 25.7 Å². The van der Waals surface area contributed by atoms with Crippen LogP contribution in [0.3, 0.4) is 0 Å². The van der Waals surface area contributed by atoms with Gasteiger partial charge in [0.25, 0.3) is 0 Å². The monoisotopic (exact) mass is 1630 g/mol. The minimum atomic E-state index is -1.76. The van der Waals surface area contributed by atoms with Crippen molar-refractivity contribution in [2.45, 2.75) is 268 Å². The third-order valence-corrected chi connectivity index (χ3v) is 16.6. The van der Waals surface area contributed by atoms with E-state index in [1.807, 2.05) is 10.6 Å². The quantitative estimate of drug-likeness (QED) is 0.0256. The fourth-order valence-corrected chi connectivity index (χ4v) is 9.96. The maximum atomic E-state index is 13.4. The zero-order chi connectivity index (χ0) is 86.7. The first-order chi connectivity index (χ1) is 53.4. The average Bonchev–Trinajstić information content (AvgIpc) is 0.868. The number of hydrogen-bond donors (Lipinski definition) is 24. The average molecular weight is 1630 g/mol. The maximum absolute atomic E-state index is 13.4. The normalized spacial score (nSPS) is 13.9. The lowest BCUT2D eigenvalue weighted by Gasteiger charge is -2.25. The molecule has 0 radical (unpaired) electrons. The van der Waals surface area contributed by atoms with Gasteiger partial charge in [-0.2, -0.15) is 0 Å². The Balaban J connectivity index is 4.64. The third kappa shape index (κ3) is 47.9. The van der Waals surface area contributed by atoms with E-state index in [9.17, 15) is 136 Å². The van der Waals surface area contributed by atoms with Gasteiger partial charge in [0.15, 0.2) is 0 Å². The summed E-state index contributed by atoms with van der Waals surface area (Å²) in [7, 11) is 0. The van der Waals surface area contributed by atoms with Gasteiger partial charge in [-0.15, -0.1) is 0 Å². The molecule has 46 heteroatoms. The van der Waals surface area contributed by atoms with Gasteiger partial charge >= 0.3 is 59.8 Å². The fourth-order valence-electron chi connectivity index (χ4n) is 9.96. The molecule has 12 atom stereocenters. The van der Waals surface area contributed by atoms with Gasteiger partial charge in [0.05, 0.1) is 0 Å². The highest BCUT2D eigenvalue weighted by Crippen LogP contribution is 2.11. The highest BCUT2D eigenvalue weighted by molar-refractivity contribution is 5.99. The van der Waals surface area contributed by atoms with Crippen LogP contribution >= 0.6 is 0 Å². The Bertz CT molecular complexity index is 3130. The largest absolute Gasteiger partial charge is 0.481 e. The molecule has 0 saturated heterocycles. The van der Waals surface area contributed by atoms with Gasteiger partial charge in [0.1, 0.15) is 72.5 Å². The molecule has 0 aromatic rings. The number of carbonyl (C=O) groups excluding carboxylic acids is 14. The molecule has 0 unspecified atom stereocenters. The first-order valence-corrected chi connectivity index (χ1v) is 36.9. The van der Waals surface area contributed by atoms with Gasteiger partial charge in [-0.3, -0.25) is 86.3 Å². The van der Waals surface area contributed by atoms with Gasteiger partial charge in [0, 0.05) is 77.5 Å². The van der Waals surface area contributed by atoms with E-state index in [0.29, 0.717) is 77.5 Å². The summed E-state index contributed by atoms with van der Waals surface area (Å²) in [5.41, 5.74) is 0. The van der Waals surface area contributed by atoms with Crippen molar-refractivity contribution in [3.8, 4) is 0 Å². The molecule has 0 aliphatic rings.